The van der Waals surface area contributed by atoms with Crippen LogP contribution in [0.5, 0.6) is 0 Å². The molecule has 38 heavy (non-hydrogen) atoms. The minimum Gasteiger partial charge on any atom is -0.360 e. The van der Waals surface area contributed by atoms with Gasteiger partial charge in [0.15, 0.2) is 0 Å². The minimum atomic E-state index is -0.289. The number of benzene rings is 4. The topological polar surface area (TPSA) is 95.4 Å². The highest BCUT2D eigenvalue weighted by Gasteiger charge is 2.22. The van der Waals surface area contributed by atoms with E-state index in [4.69, 9.17) is 4.99 Å². The maximum Gasteiger partial charge on any atom is 0.319 e. The van der Waals surface area contributed by atoms with Gasteiger partial charge < -0.3 is 21.3 Å². The van der Waals surface area contributed by atoms with Crippen molar-refractivity contribution in [3.8, 4) is 0 Å². The molecule has 0 saturated heterocycles. The first-order chi connectivity index (χ1) is 18.6. The maximum absolute atomic E-state index is 12.5. The van der Waals surface area contributed by atoms with Crippen LogP contribution in [0.15, 0.2) is 108 Å². The van der Waals surface area contributed by atoms with Gasteiger partial charge in [-0.2, -0.15) is 5.10 Å². The fourth-order valence-corrected chi connectivity index (χ4v) is 4.57. The lowest BCUT2D eigenvalue weighted by Gasteiger charge is -2.27. The van der Waals surface area contributed by atoms with Crippen molar-refractivity contribution < 1.29 is 4.79 Å². The van der Waals surface area contributed by atoms with Crippen molar-refractivity contribution in [3.05, 3.63) is 120 Å². The molecule has 5 aromatic rings. The third-order valence-corrected chi connectivity index (χ3v) is 6.51. The molecule has 2 amide bonds. The van der Waals surface area contributed by atoms with Crippen LogP contribution in [0.4, 0.5) is 21.9 Å². The van der Waals surface area contributed by atoms with Crippen molar-refractivity contribution in [1.82, 2.24) is 15.1 Å². The molecule has 0 saturated carbocycles. The summed E-state index contributed by atoms with van der Waals surface area (Å²) in [7, 11) is 1.94. The molecular weight excluding hydrogens is 474 g/mol. The normalized spacial score (nSPS) is 14.2. The Bertz CT molecular complexity index is 1640. The second-order valence-electron chi connectivity index (χ2n) is 9.15. The molecule has 4 N–H and O–H groups in total. The van der Waals surface area contributed by atoms with Gasteiger partial charge in [0.25, 0.3) is 0 Å². The molecule has 8 nitrogen and oxygen atoms in total. The number of nitrogens with zero attached hydrogens (tertiary/aromatic N) is 3. The van der Waals surface area contributed by atoms with E-state index < -0.39 is 0 Å². The van der Waals surface area contributed by atoms with Crippen molar-refractivity contribution in [1.29, 1.82) is 0 Å². The van der Waals surface area contributed by atoms with Gasteiger partial charge in [0.1, 0.15) is 12.0 Å². The van der Waals surface area contributed by atoms with Gasteiger partial charge in [-0.05, 0) is 42.0 Å². The van der Waals surface area contributed by atoms with Gasteiger partial charge in [0.05, 0.1) is 11.7 Å². The average Bonchev–Trinajstić information content (AvgIpc) is 3.32. The number of rotatable bonds is 6. The standard InChI is InChI=1S/C30H27N7O/c1-37-27-15-14-24(17-22(27)19-32-37)33-29-25-12-5-6-13-26(25)35-28(36-29)21-10-7-11-23(16-21)34-30(38)31-18-20-8-3-2-4-9-20/h2-17,19,29,33H,18H2,1H3,(H,35,36)(H2,31,34,38). The number of aromatic nitrogens is 2. The Labute approximate surface area is 220 Å². The van der Waals surface area contributed by atoms with Crippen LogP contribution in [0, 0.1) is 0 Å². The number of urea groups is 1. The summed E-state index contributed by atoms with van der Waals surface area (Å²) in [4.78, 5) is 17.5. The van der Waals surface area contributed by atoms with Crippen LogP contribution in [0.1, 0.15) is 22.9 Å². The highest BCUT2D eigenvalue weighted by molar-refractivity contribution is 6.10. The van der Waals surface area contributed by atoms with Crippen LogP contribution in [0.2, 0.25) is 0 Å². The number of carbonyl (C=O) groups excluding carboxylic acids is 1. The molecule has 0 bridgehead atoms. The third kappa shape index (κ3) is 4.92. The number of hydrogen-bond donors (Lipinski definition) is 4. The van der Waals surface area contributed by atoms with Gasteiger partial charge in [-0.3, -0.25) is 4.68 Å². The SMILES string of the molecule is Cn1ncc2cc(NC3N=C(c4cccc(NC(=O)NCc5ccccc5)c4)Nc4ccccc43)ccc21. The zero-order chi connectivity index (χ0) is 25.9. The summed E-state index contributed by atoms with van der Waals surface area (Å²) in [6.45, 7) is 0.454. The van der Waals surface area contributed by atoms with Crippen LogP contribution in [0.3, 0.4) is 0 Å². The summed E-state index contributed by atoms with van der Waals surface area (Å²) in [6.07, 6.45) is 1.57. The molecule has 0 radical (unpaired) electrons. The molecule has 1 aromatic heterocycles. The summed E-state index contributed by atoms with van der Waals surface area (Å²) in [6, 6.07) is 31.5. The lowest BCUT2D eigenvalue weighted by atomic mass is 10.1. The maximum atomic E-state index is 12.5. The first-order valence-electron chi connectivity index (χ1n) is 12.4. The van der Waals surface area contributed by atoms with E-state index in [1.54, 1.807) is 0 Å². The lowest BCUT2D eigenvalue weighted by molar-refractivity contribution is 0.251. The number of para-hydroxylation sites is 1. The van der Waals surface area contributed by atoms with E-state index in [0.717, 1.165) is 44.8 Å². The number of aliphatic imine (C=N–C) groups is 1. The number of carbonyl (C=O) groups is 1. The van der Waals surface area contributed by atoms with Crippen LogP contribution in [-0.4, -0.2) is 21.6 Å². The van der Waals surface area contributed by atoms with Crippen molar-refractivity contribution in [3.63, 3.8) is 0 Å². The van der Waals surface area contributed by atoms with Crippen molar-refractivity contribution in [2.45, 2.75) is 12.7 Å². The smallest absolute Gasteiger partial charge is 0.319 e. The van der Waals surface area contributed by atoms with Crippen molar-refractivity contribution in [2.75, 3.05) is 16.0 Å². The highest BCUT2D eigenvalue weighted by atomic mass is 16.2. The van der Waals surface area contributed by atoms with Crippen molar-refractivity contribution >= 4 is 39.8 Å². The van der Waals surface area contributed by atoms with Crippen LogP contribution in [-0.2, 0) is 13.6 Å². The summed E-state index contributed by atoms with van der Waals surface area (Å²) in [5.41, 5.74) is 6.66. The first kappa shape index (κ1) is 23.3. The number of hydrogen-bond acceptors (Lipinski definition) is 5. The molecule has 188 valence electrons. The van der Waals surface area contributed by atoms with Crippen LogP contribution >= 0.6 is 0 Å². The minimum absolute atomic E-state index is 0.264. The van der Waals surface area contributed by atoms with Gasteiger partial charge in [0.2, 0.25) is 0 Å². The van der Waals surface area contributed by atoms with Crippen LogP contribution in [0.25, 0.3) is 10.9 Å². The molecule has 6 rings (SSSR count). The van der Waals surface area contributed by atoms with E-state index in [1.165, 1.54) is 0 Å². The summed E-state index contributed by atoms with van der Waals surface area (Å²) in [5.74, 6) is 0.719. The quantitative estimate of drug-likeness (QED) is 0.234. The van der Waals surface area contributed by atoms with E-state index in [1.807, 2.05) is 96.8 Å². The predicted molar refractivity (Wildman–Crippen MR) is 152 cm³/mol. The van der Waals surface area contributed by atoms with Gasteiger partial charge in [0, 0.05) is 47.2 Å². The third-order valence-electron chi connectivity index (χ3n) is 6.51. The first-order valence-corrected chi connectivity index (χ1v) is 12.4. The summed E-state index contributed by atoms with van der Waals surface area (Å²) >= 11 is 0. The number of amidine groups is 1. The van der Waals surface area contributed by atoms with Gasteiger partial charge in [-0.1, -0.05) is 60.7 Å². The Balaban J connectivity index is 1.22. The van der Waals surface area contributed by atoms with E-state index in [0.29, 0.717) is 12.2 Å². The number of nitrogens with one attached hydrogen (secondary N) is 4. The lowest BCUT2D eigenvalue weighted by Crippen LogP contribution is -2.28. The summed E-state index contributed by atoms with van der Waals surface area (Å²) < 4.78 is 1.86. The molecule has 0 spiro atoms. The van der Waals surface area contributed by atoms with Crippen LogP contribution < -0.4 is 21.3 Å². The zero-order valence-electron chi connectivity index (χ0n) is 20.8. The Kier molecular flexibility index (Phi) is 6.19. The van der Waals surface area contributed by atoms with Gasteiger partial charge in [-0.15, -0.1) is 0 Å². The van der Waals surface area contributed by atoms with Gasteiger partial charge in [-0.25, -0.2) is 9.79 Å². The fraction of sp³-hybridized carbons (Fsp3) is 0.100. The molecule has 1 atom stereocenters. The highest BCUT2D eigenvalue weighted by Crippen LogP contribution is 2.33. The molecule has 1 aliphatic rings. The summed E-state index contributed by atoms with van der Waals surface area (Å²) in [5, 5.41) is 18.3. The molecule has 4 aromatic carbocycles. The molecule has 0 aliphatic carbocycles. The Morgan fingerprint density at radius 2 is 1.76 bits per heavy atom. The molecule has 1 unspecified atom stereocenters. The molecule has 0 fully saturated rings. The zero-order valence-corrected chi connectivity index (χ0v) is 20.8. The van der Waals surface area contributed by atoms with E-state index in [9.17, 15) is 4.79 Å². The molecule has 8 heteroatoms. The number of amides is 2. The Morgan fingerprint density at radius 1 is 0.921 bits per heavy atom. The number of fused-ring (bicyclic) bond motifs is 2. The monoisotopic (exact) mass is 501 g/mol. The second-order valence-corrected chi connectivity index (χ2v) is 9.15. The number of anilines is 3. The van der Waals surface area contributed by atoms with E-state index in [-0.39, 0.29) is 12.2 Å². The molecular formula is C30H27N7O. The number of aryl methyl sites for hydroxylation is 1. The van der Waals surface area contributed by atoms with E-state index in [2.05, 4.69) is 44.6 Å². The largest absolute Gasteiger partial charge is 0.360 e. The predicted octanol–water partition coefficient (Wildman–Crippen LogP) is 5.88. The molecule has 1 aliphatic heterocycles. The average molecular weight is 502 g/mol. The Morgan fingerprint density at radius 3 is 2.66 bits per heavy atom. The molecule has 2 heterocycles. The second kappa shape index (κ2) is 10.1. The van der Waals surface area contributed by atoms with E-state index >= 15 is 0 Å². The Hall–Kier alpha value is -5.11. The van der Waals surface area contributed by atoms with Crippen molar-refractivity contribution in [2.24, 2.45) is 12.0 Å². The fourth-order valence-electron chi connectivity index (χ4n) is 4.57. The van der Waals surface area contributed by atoms with Gasteiger partial charge >= 0.3 is 6.03 Å².